The largest absolute Gasteiger partial charge is 0.478 e. The zero-order valence-corrected chi connectivity index (χ0v) is 17.5. The van der Waals surface area contributed by atoms with Crippen molar-refractivity contribution >= 4 is 23.7 Å². The SMILES string of the molecule is O=C(CCNC(=O)OCC1c2ccccc2-c2ccccc21)Nc1cc(C(=O)O)ccc1F. The Labute approximate surface area is 189 Å². The van der Waals surface area contributed by atoms with Gasteiger partial charge in [0.05, 0.1) is 11.3 Å². The van der Waals surface area contributed by atoms with Crippen molar-refractivity contribution in [1.29, 1.82) is 0 Å². The molecule has 0 spiro atoms. The average molecular weight is 448 g/mol. The van der Waals surface area contributed by atoms with Crippen LogP contribution in [0.1, 0.15) is 33.8 Å². The lowest BCUT2D eigenvalue weighted by molar-refractivity contribution is -0.116. The molecule has 0 radical (unpaired) electrons. The number of carboxylic acid groups (broad SMARTS) is 1. The highest BCUT2D eigenvalue weighted by molar-refractivity contribution is 5.94. The third-order valence-electron chi connectivity index (χ3n) is 5.45. The van der Waals surface area contributed by atoms with E-state index in [1.54, 1.807) is 0 Å². The summed E-state index contributed by atoms with van der Waals surface area (Å²) in [5, 5.41) is 13.8. The van der Waals surface area contributed by atoms with Crippen LogP contribution < -0.4 is 10.6 Å². The molecule has 168 valence electrons. The van der Waals surface area contributed by atoms with E-state index in [1.807, 2.05) is 48.5 Å². The zero-order valence-electron chi connectivity index (χ0n) is 17.5. The maximum atomic E-state index is 13.8. The molecule has 3 N–H and O–H groups in total. The second kappa shape index (κ2) is 9.52. The minimum Gasteiger partial charge on any atom is -0.478 e. The Kier molecular flexibility index (Phi) is 6.35. The number of nitrogens with one attached hydrogen (secondary N) is 2. The van der Waals surface area contributed by atoms with Gasteiger partial charge in [0.15, 0.2) is 0 Å². The average Bonchev–Trinajstić information content (AvgIpc) is 3.13. The molecule has 0 heterocycles. The quantitative estimate of drug-likeness (QED) is 0.497. The lowest BCUT2D eigenvalue weighted by Crippen LogP contribution is -2.29. The Morgan fingerprint density at radius 3 is 2.21 bits per heavy atom. The summed E-state index contributed by atoms with van der Waals surface area (Å²) < 4.78 is 19.2. The number of carbonyl (C=O) groups is 3. The van der Waals surface area contributed by atoms with Gasteiger partial charge in [-0.3, -0.25) is 4.79 Å². The molecule has 0 saturated carbocycles. The topological polar surface area (TPSA) is 105 Å². The van der Waals surface area contributed by atoms with Crippen molar-refractivity contribution < 1.29 is 28.6 Å². The van der Waals surface area contributed by atoms with Crippen molar-refractivity contribution in [2.75, 3.05) is 18.5 Å². The lowest BCUT2D eigenvalue weighted by Gasteiger charge is -2.14. The summed E-state index contributed by atoms with van der Waals surface area (Å²) in [6, 6.07) is 19.1. The zero-order chi connectivity index (χ0) is 23.4. The molecule has 1 aliphatic carbocycles. The van der Waals surface area contributed by atoms with Crippen LogP contribution in [0.5, 0.6) is 0 Å². The molecule has 0 saturated heterocycles. The number of alkyl carbamates (subject to hydrolysis) is 1. The van der Waals surface area contributed by atoms with E-state index in [1.165, 1.54) is 0 Å². The summed E-state index contributed by atoms with van der Waals surface area (Å²) >= 11 is 0. The van der Waals surface area contributed by atoms with Crippen LogP contribution in [-0.4, -0.2) is 36.2 Å². The van der Waals surface area contributed by atoms with Gasteiger partial charge in [-0.1, -0.05) is 48.5 Å². The fraction of sp³-hybridized carbons (Fsp3) is 0.160. The summed E-state index contributed by atoms with van der Waals surface area (Å²) in [6.07, 6.45) is -0.801. The minimum atomic E-state index is -1.23. The molecular formula is C25H21FN2O5. The number of benzene rings is 3. The molecule has 3 aromatic rings. The van der Waals surface area contributed by atoms with Crippen molar-refractivity contribution in [3.63, 3.8) is 0 Å². The third kappa shape index (κ3) is 4.85. The molecule has 3 aromatic carbocycles. The molecule has 0 atom stereocenters. The summed E-state index contributed by atoms with van der Waals surface area (Å²) in [5.41, 5.74) is 4.05. The van der Waals surface area contributed by atoms with Crippen LogP contribution in [0.15, 0.2) is 66.7 Å². The van der Waals surface area contributed by atoms with Gasteiger partial charge in [0.1, 0.15) is 12.4 Å². The Bertz CT molecular complexity index is 1180. The Morgan fingerprint density at radius 2 is 1.58 bits per heavy atom. The van der Waals surface area contributed by atoms with Crippen LogP contribution in [-0.2, 0) is 9.53 Å². The first-order chi connectivity index (χ1) is 15.9. The first-order valence-electron chi connectivity index (χ1n) is 10.4. The van der Waals surface area contributed by atoms with Gasteiger partial charge in [-0.2, -0.15) is 0 Å². The molecule has 0 unspecified atom stereocenters. The van der Waals surface area contributed by atoms with Crippen molar-refractivity contribution in [3.8, 4) is 11.1 Å². The Morgan fingerprint density at radius 1 is 0.939 bits per heavy atom. The second-order valence-corrected chi connectivity index (χ2v) is 7.55. The number of rotatable bonds is 7. The highest BCUT2D eigenvalue weighted by atomic mass is 19.1. The maximum Gasteiger partial charge on any atom is 0.407 e. The predicted molar refractivity (Wildman–Crippen MR) is 120 cm³/mol. The van der Waals surface area contributed by atoms with E-state index in [4.69, 9.17) is 9.84 Å². The predicted octanol–water partition coefficient (Wildman–Crippen LogP) is 4.39. The molecule has 0 bridgehead atoms. The minimum absolute atomic E-state index is 0.0251. The van der Waals surface area contributed by atoms with Gasteiger partial charge in [-0.05, 0) is 40.5 Å². The lowest BCUT2D eigenvalue weighted by atomic mass is 9.98. The number of hydrogen-bond acceptors (Lipinski definition) is 4. The number of amides is 2. The molecule has 7 nitrogen and oxygen atoms in total. The maximum absolute atomic E-state index is 13.8. The smallest absolute Gasteiger partial charge is 0.407 e. The summed E-state index contributed by atoms with van der Waals surface area (Å²) in [7, 11) is 0. The summed E-state index contributed by atoms with van der Waals surface area (Å²) in [5.74, 6) is -2.63. The van der Waals surface area contributed by atoms with Crippen molar-refractivity contribution in [2.45, 2.75) is 12.3 Å². The Hall–Kier alpha value is -4.20. The molecular weight excluding hydrogens is 427 g/mol. The third-order valence-corrected chi connectivity index (χ3v) is 5.45. The fourth-order valence-corrected chi connectivity index (χ4v) is 3.89. The van der Waals surface area contributed by atoms with Crippen LogP contribution >= 0.6 is 0 Å². The molecule has 2 amide bonds. The van der Waals surface area contributed by atoms with Gasteiger partial charge in [0.2, 0.25) is 5.91 Å². The van der Waals surface area contributed by atoms with Gasteiger partial charge in [-0.25, -0.2) is 14.0 Å². The molecule has 0 fully saturated rings. The van der Waals surface area contributed by atoms with Crippen LogP contribution in [0.2, 0.25) is 0 Å². The van der Waals surface area contributed by atoms with E-state index >= 15 is 0 Å². The van der Waals surface area contributed by atoms with Crippen LogP contribution in [0.3, 0.4) is 0 Å². The van der Waals surface area contributed by atoms with E-state index in [-0.39, 0.29) is 36.7 Å². The second-order valence-electron chi connectivity index (χ2n) is 7.55. The van der Waals surface area contributed by atoms with Gasteiger partial charge >= 0.3 is 12.1 Å². The summed E-state index contributed by atoms with van der Waals surface area (Å²) in [4.78, 5) is 35.2. The number of aromatic carboxylic acids is 1. The van der Waals surface area contributed by atoms with Gasteiger partial charge in [0, 0.05) is 18.9 Å². The van der Waals surface area contributed by atoms with E-state index in [0.717, 1.165) is 40.5 Å². The number of ether oxygens (including phenoxy) is 1. The molecule has 4 rings (SSSR count). The monoisotopic (exact) mass is 448 g/mol. The number of carboxylic acids is 1. The van der Waals surface area contributed by atoms with Crippen LogP contribution in [0, 0.1) is 5.82 Å². The number of fused-ring (bicyclic) bond motifs is 3. The highest BCUT2D eigenvalue weighted by Crippen LogP contribution is 2.44. The normalized spacial score (nSPS) is 11.9. The summed E-state index contributed by atoms with van der Waals surface area (Å²) in [6.45, 7) is 0.127. The molecule has 8 heteroatoms. The first kappa shape index (κ1) is 22.0. The molecule has 33 heavy (non-hydrogen) atoms. The number of halogens is 1. The van der Waals surface area contributed by atoms with E-state index in [0.29, 0.717) is 0 Å². The highest BCUT2D eigenvalue weighted by Gasteiger charge is 2.28. The van der Waals surface area contributed by atoms with Crippen molar-refractivity contribution in [2.24, 2.45) is 0 Å². The van der Waals surface area contributed by atoms with Crippen molar-refractivity contribution in [1.82, 2.24) is 5.32 Å². The first-order valence-corrected chi connectivity index (χ1v) is 10.4. The standard InChI is InChI=1S/C25H21FN2O5/c26-21-10-9-15(24(30)31)13-22(21)28-23(29)11-12-27-25(32)33-14-20-18-7-3-1-5-16(18)17-6-2-4-8-19(17)20/h1-10,13,20H,11-12,14H2,(H,27,32)(H,28,29)(H,30,31). The number of hydrogen-bond donors (Lipinski definition) is 3. The van der Waals surface area contributed by atoms with Crippen LogP contribution in [0.25, 0.3) is 11.1 Å². The fourth-order valence-electron chi connectivity index (χ4n) is 3.89. The molecule has 0 aliphatic heterocycles. The van der Waals surface area contributed by atoms with Gasteiger partial charge in [0.25, 0.3) is 0 Å². The van der Waals surface area contributed by atoms with Crippen LogP contribution in [0.4, 0.5) is 14.9 Å². The molecule has 0 aromatic heterocycles. The number of anilines is 1. The van der Waals surface area contributed by atoms with Gasteiger partial charge < -0.3 is 20.5 Å². The Balaban J connectivity index is 1.27. The molecule has 1 aliphatic rings. The van der Waals surface area contributed by atoms with Gasteiger partial charge in [-0.15, -0.1) is 0 Å². The van der Waals surface area contributed by atoms with E-state index in [9.17, 15) is 18.8 Å². The van der Waals surface area contributed by atoms with E-state index < -0.39 is 23.8 Å². The van der Waals surface area contributed by atoms with E-state index in [2.05, 4.69) is 10.6 Å². The van der Waals surface area contributed by atoms with Crippen molar-refractivity contribution in [3.05, 3.63) is 89.2 Å². The number of carbonyl (C=O) groups excluding carboxylic acids is 2.